The highest BCUT2D eigenvalue weighted by Gasteiger charge is 2.33. The summed E-state index contributed by atoms with van der Waals surface area (Å²) in [7, 11) is 0. The number of rotatable bonds is 2. The summed E-state index contributed by atoms with van der Waals surface area (Å²) in [5.74, 6) is 1.50. The Hall–Kier alpha value is -2.63. The number of carbonyl (C=O) groups excluding carboxylic acids is 1. The molecule has 0 unspecified atom stereocenters. The molecule has 0 radical (unpaired) electrons. The molecule has 4 rings (SSSR count). The molecule has 2 aromatic heterocycles. The highest BCUT2D eigenvalue weighted by molar-refractivity contribution is 5.98. The summed E-state index contributed by atoms with van der Waals surface area (Å²) in [4.78, 5) is 22.4. The third-order valence-corrected chi connectivity index (χ3v) is 4.43. The van der Waals surface area contributed by atoms with Gasteiger partial charge in [-0.15, -0.1) is 0 Å². The van der Waals surface area contributed by atoms with Crippen molar-refractivity contribution in [3.05, 3.63) is 47.2 Å². The van der Waals surface area contributed by atoms with E-state index < -0.39 is 0 Å². The van der Waals surface area contributed by atoms with Crippen LogP contribution in [0.5, 0.6) is 0 Å². The zero-order valence-corrected chi connectivity index (χ0v) is 13.3. The number of aromatic amines is 2. The number of likely N-dealkylation sites (tertiary alicyclic amines) is 1. The number of fused-ring (bicyclic) bond motifs is 1. The molecule has 1 amide bonds. The minimum Gasteiger partial charge on any atom is -0.351 e. The maximum Gasteiger partial charge on any atom is 0.270 e. The highest BCUT2D eigenvalue weighted by atomic mass is 16.2. The van der Waals surface area contributed by atoms with Crippen LogP contribution in [0, 0.1) is 13.8 Å². The van der Waals surface area contributed by atoms with Crippen molar-refractivity contribution in [1.82, 2.24) is 25.1 Å². The SMILES string of the molecule is Cc1ccc2[nH]c(C(=O)N3CCC[C@H]3c3n[nH]c(C)n3)cc2c1. The molecule has 3 aromatic rings. The number of nitrogens with zero attached hydrogens (tertiary/aromatic N) is 3. The number of hydrogen-bond donors (Lipinski definition) is 2. The number of benzene rings is 1. The van der Waals surface area contributed by atoms with E-state index in [9.17, 15) is 4.79 Å². The summed E-state index contributed by atoms with van der Waals surface area (Å²) >= 11 is 0. The summed E-state index contributed by atoms with van der Waals surface area (Å²) in [5, 5.41) is 8.17. The molecule has 0 saturated carbocycles. The van der Waals surface area contributed by atoms with E-state index in [2.05, 4.69) is 33.2 Å². The summed E-state index contributed by atoms with van der Waals surface area (Å²) in [6.45, 7) is 4.67. The average Bonchev–Trinajstić information content (AvgIpc) is 3.23. The van der Waals surface area contributed by atoms with Gasteiger partial charge in [-0.25, -0.2) is 4.98 Å². The normalized spacial score (nSPS) is 18.0. The van der Waals surface area contributed by atoms with Crippen LogP contribution in [0.2, 0.25) is 0 Å². The van der Waals surface area contributed by atoms with Gasteiger partial charge in [0.2, 0.25) is 0 Å². The molecule has 1 atom stereocenters. The fourth-order valence-electron chi connectivity index (χ4n) is 3.31. The minimum atomic E-state index is -0.0411. The maximum atomic E-state index is 12.9. The Morgan fingerprint density at radius 3 is 2.96 bits per heavy atom. The van der Waals surface area contributed by atoms with E-state index in [4.69, 9.17) is 0 Å². The van der Waals surface area contributed by atoms with Crippen molar-refractivity contribution in [2.45, 2.75) is 32.7 Å². The first kappa shape index (κ1) is 14.0. The van der Waals surface area contributed by atoms with E-state index in [1.165, 1.54) is 5.56 Å². The number of hydrogen-bond acceptors (Lipinski definition) is 3. The Morgan fingerprint density at radius 1 is 1.30 bits per heavy atom. The van der Waals surface area contributed by atoms with E-state index in [0.29, 0.717) is 11.5 Å². The van der Waals surface area contributed by atoms with Crippen LogP contribution in [0.25, 0.3) is 10.9 Å². The van der Waals surface area contributed by atoms with Crippen molar-refractivity contribution in [1.29, 1.82) is 0 Å². The van der Waals surface area contributed by atoms with Gasteiger partial charge < -0.3 is 9.88 Å². The summed E-state index contributed by atoms with van der Waals surface area (Å²) in [5.41, 5.74) is 2.80. The Balaban J connectivity index is 1.66. The molecule has 6 nitrogen and oxygen atoms in total. The van der Waals surface area contributed by atoms with Gasteiger partial charge in [0, 0.05) is 17.4 Å². The van der Waals surface area contributed by atoms with Crippen LogP contribution in [0.4, 0.5) is 0 Å². The van der Waals surface area contributed by atoms with Crippen molar-refractivity contribution in [2.24, 2.45) is 0 Å². The molecule has 3 heterocycles. The first-order valence-corrected chi connectivity index (χ1v) is 7.91. The largest absolute Gasteiger partial charge is 0.351 e. The second kappa shape index (κ2) is 5.22. The molecule has 1 saturated heterocycles. The van der Waals surface area contributed by atoms with Crippen LogP contribution in [-0.4, -0.2) is 37.5 Å². The van der Waals surface area contributed by atoms with Gasteiger partial charge in [-0.3, -0.25) is 9.89 Å². The summed E-state index contributed by atoms with van der Waals surface area (Å²) in [6, 6.07) is 8.04. The third kappa shape index (κ3) is 2.40. The predicted molar refractivity (Wildman–Crippen MR) is 87.2 cm³/mol. The summed E-state index contributed by atoms with van der Waals surface area (Å²) < 4.78 is 0. The Kier molecular flexibility index (Phi) is 3.18. The second-order valence-corrected chi connectivity index (χ2v) is 6.21. The van der Waals surface area contributed by atoms with Crippen LogP contribution in [0.1, 0.15) is 46.6 Å². The van der Waals surface area contributed by atoms with Crippen LogP contribution < -0.4 is 0 Å². The van der Waals surface area contributed by atoms with Crippen LogP contribution in [0.3, 0.4) is 0 Å². The quantitative estimate of drug-likeness (QED) is 0.764. The molecular formula is C17H19N5O. The zero-order chi connectivity index (χ0) is 16.0. The van der Waals surface area contributed by atoms with Crippen molar-refractivity contribution in [2.75, 3.05) is 6.54 Å². The smallest absolute Gasteiger partial charge is 0.270 e. The lowest BCUT2D eigenvalue weighted by molar-refractivity contribution is 0.0725. The molecule has 1 aliphatic rings. The van der Waals surface area contributed by atoms with E-state index in [1.54, 1.807) is 0 Å². The number of carbonyl (C=O) groups is 1. The lowest BCUT2D eigenvalue weighted by Gasteiger charge is -2.21. The van der Waals surface area contributed by atoms with Crippen molar-refractivity contribution < 1.29 is 4.79 Å². The highest BCUT2D eigenvalue weighted by Crippen LogP contribution is 2.31. The lowest BCUT2D eigenvalue weighted by atomic mass is 10.2. The van der Waals surface area contributed by atoms with E-state index in [0.717, 1.165) is 36.1 Å². The number of amides is 1. The van der Waals surface area contributed by atoms with E-state index in [-0.39, 0.29) is 11.9 Å². The standard InChI is InChI=1S/C17H19N5O/c1-10-5-6-13-12(8-10)9-14(19-13)17(23)22-7-3-4-15(22)16-18-11(2)20-21-16/h5-6,8-9,15,19H,3-4,7H2,1-2H3,(H,18,20,21)/t15-/m0/s1. The van der Waals surface area contributed by atoms with Gasteiger partial charge in [-0.2, -0.15) is 5.10 Å². The first-order valence-electron chi connectivity index (χ1n) is 7.91. The topological polar surface area (TPSA) is 77.7 Å². The minimum absolute atomic E-state index is 0.0174. The van der Waals surface area contributed by atoms with Gasteiger partial charge in [-0.1, -0.05) is 11.6 Å². The van der Waals surface area contributed by atoms with Crippen LogP contribution in [0.15, 0.2) is 24.3 Å². The van der Waals surface area contributed by atoms with Crippen molar-refractivity contribution in [3.63, 3.8) is 0 Å². The Bertz CT molecular complexity index is 878. The van der Waals surface area contributed by atoms with Gasteiger partial charge in [-0.05, 0) is 44.9 Å². The molecule has 2 N–H and O–H groups in total. The first-order chi connectivity index (χ1) is 11.1. The van der Waals surface area contributed by atoms with Gasteiger partial charge in [0.25, 0.3) is 5.91 Å². The number of aryl methyl sites for hydroxylation is 2. The molecule has 23 heavy (non-hydrogen) atoms. The van der Waals surface area contributed by atoms with E-state index >= 15 is 0 Å². The molecule has 6 heteroatoms. The molecule has 1 aromatic carbocycles. The molecule has 118 valence electrons. The van der Waals surface area contributed by atoms with Gasteiger partial charge in [0.05, 0.1) is 6.04 Å². The van der Waals surface area contributed by atoms with E-state index in [1.807, 2.05) is 30.0 Å². The van der Waals surface area contributed by atoms with Crippen LogP contribution in [-0.2, 0) is 0 Å². The maximum absolute atomic E-state index is 12.9. The summed E-state index contributed by atoms with van der Waals surface area (Å²) in [6.07, 6.45) is 1.88. The van der Waals surface area contributed by atoms with Crippen LogP contribution >= 0.6 is 0 Å². The molecule has 0 aliphatic carbocycles. The Labute approximate surface area is 133 Å². The molecule has 0 bridgehead atoms. The predicted octanol–water partition coefficient (Wildman–Crippen LogP) is 2.88. The molecule has 1 fully saturated rings. The Morgan fingerprint density at radius 2 is 2.17 bits per heavy atom. The zero-order valence-electron chi connectivity index (χ0n) is 13.3. The van der Waals surface area contributed by atoms with Gasteiger partial charge in [0.15, 0.2) is 5.82 Å². The van der Waals surface area contributed by atoms with Gasteiger partial charge >= 0.3 is 0 Å². The number of aromatic nitrogens is 4. The fraction of sp³-hybridized carbons (Fsp3) is 0.353. The number of nitrogens with one attached hydrogen (secondary N) is 2. The fourth-order valence-corrected chi connectivity index (χ4v) is 3.31. The third-order valence-electron chi connectivity index (χ3n) is 4.43. The van der Waals surface area contributed by atoms with Crippen molar-refractivity contribution in [3.8, 4) is 0 Å². The number of H-pyrrole nitrogens is 2. The second-order valence-electron chi connectivity index (χ2n) is 6.21. The molecule has 1 aliphatic heterocycles. The molecular weight excluding hydrogens is 290 g/mol. The van der Waals surface area contributed by atoms with Crippen molar-refractivity contribution >= 4 is 16.8 Å². The monoisotopic (exact) mass is 309 g/mol. The lowest BCUT2D eigenvalue weighted by Crippen LogP contribution is -2.31. The average molecular weight is 309 g/mol. The van der Waals surface area contributed by atoms with Gasteiger partial charge in [0.1, 0.15) is 11.5 Å². The molecule has 0 spiro atoms.